The average Bonchev–Trinajstić information content (AvgIpc) is 3.52. The van der Waals surface area contributed by atoms with Crippen LogP contribution in [0.3, 0.4) is 0 Å². The lowest BCUT2D eigenvalue weighted by Gasteiger charge is -2.57. The normalized spacial score (nSPS) is 20.5. The standard InChI is InChI=1S/C26H35B4F5N8O4/c1-22(2,26(33,34)35)7-6-14(38-20(44)19-18(12-4-5-12)40-47-41-19)15-10-42-17(37-15)8-13(9-36-42)16(11-46-3)43-21(45)39-24(27,28)23(31,32)25(43,29)30/h8-10,12,14,16H,4-7,11,27-30H2,1-3H3,(H,38,44)(H,39,45). The molecule has 250 valence electrons. The molecule has 2 unspecified atom stereocenters. The van der Waals surface area contributed by atoms with Crippen LogP contribution in [0.5, 0.6) is 0 Å². The maximum Gasteiger partial charge on any atom is 0.393 e. The number of nitrogens with zero attached hydrogens (tertiary/aromatic N) is 6. The van der Waals surface area contributed by atoms with Crippen molar-refractivity contribution in [2.75, 3.05) is 13.7 Å². The quantitative estimate of drug-likeness (QED) is 0.217. The van der Waals surface area contributed by atoms with Crippen LogP contribution in [0.25, 0.3) is 5.65 Å². The average molecular weight is 662 g/mol. The smallest absolute Gasteiger partial charge is 0.382 e. The zero-order chi connectivity index (χ0) is 34.7. The first-order chi connectivity index (χ1) is 21.7. The van der Waals surface area contributed by atoms with E-state index in [9.17, 15) is 22.8 Å². The number of nitrogens with one attached hydrogen (secondary N) is 2. The summed E-state index contributed by atoms with van der Waals surface area (Å²) in [6, 6.07) is -1.20. The molecule has 4 heterocycles. The number of hydrogen-bond acceptors (Lipinski definition) is 8. The van der Waals surface area contributed by atoms with Crippen LogP contribution in [0.2, 0.25) is 0 Å². The second-order valence-electron chi connectivity index (χ2n) is 14.0. The van der Waals surface area contributed by atoms with Gasteiger partial charge in [0, 0.05) is 29.3 Å². The first kappa shape index (κ1) is 34.7. The molecule has 5 rings (SSSR count). The number of alkyl halides is 5. The first-order valence-corrected chi connectivity index (χ1v) is 15.3. The molecule has 12 nitrogen and oxygen atoms in total. The highest BCUT2D eigenvalue weighted by atomic mass is 19.4. The van der Waals surface area contributed by atoms with Crippen molar-refractivity contribution in [3.63, 3.8) is 0 Å². The molecule has 2 N–H and O–H groups in total. The molecule has 1 aliphatic heterocycles. The van der Waals surface area contributed by atoms with Crippen LogP contribution in [-0.2, 0) is 4.74 Å². The highest BCUT2D eigenvalue weighted by Gasteiger charge is 2.65. The van der Waals surface area contributed by atoms with Gasteiger partial charge in [-0.3, -0.25) is 4.79 Å². The number of aromatic nitrogens is 5. The fourth-order valence-electron chi connectivity index (χ4n) is 5.99. The van der Waals surface area contributed by atoms with E-state index in [1.807, 2.05) is 0 Å². The molecule has 1 aliphatic carbocycles. The van der Waals surface area contributed by atoms with E-state index in [-0.39, 0.29) is 42.4 Å². The van der Waals surface area contributed by atoms with Crippen LogP contribution in [0.4, 0.5) is 26.7 Å². The molecule has 3 amide bonds. The molecule has 1 saturated heterocycles. The minimum atomic E-state index is -4.50. The van der Waals surface area contributed by atoms with E-state index in [0.29, 0.717) is 11.3 Å². The van der Waals surface area contributed by atoms with Crippen LogP contribution in [0.1, 0.15) is 85.0 Å². The van der Waals surface area contributed by atoms with Gasteiger partial charge in [-0.1, -0.05) is 19.0 Å². The van der Waals surface area contributed by atoms with Crippen molar-refractivity contribution in [3.8, 4) is 0 Å². The summed E-state index contributed by atoms with van der Waals surface area (Å²) in [5, 5.41) is 13.3. The van der Waals surface area contributed by atoms with E-state index in [1.54, 1.807) is 0 Å². The number of urea groups is 1. The summed E-state index contributed by atoms with van der Waals surface area (Å²) in [6.07, 6.45) is -0.511. The number of methoxy groups -OCH3 is 1. The molecule has 3 aromatic rings. The molecule has 0 bridgehead atoms. The van der Waals surface area contributed by atoms with Crippen molar-refractivity contribution in [1.29, 1.82) is 0 Å². The lowest BCUT2D eigenvalue weighted by atomic mass is 9.43. The molecule has 3 aromatic heterocycles. The topological polar surface area (TPSA) is 140 Å². The number of hydrogen-bond donors (Lipinski definition) is 2. The number of ether oxygens (including phenoxy) is 1. The molecule has 0 radical (unpaired) electrons. The van der Waals surface area contributed by atoms with Gasteiger partial charge < -0.3 is 20.3 Å². The third-order valence-electron chi connectivity index (χ3n) is 9.36. The Bertz CT molecular complexity index is 1660. The Labute approximate surface area is 270 Å². The fourth-order valence-corrected chi connectivity index (χ4v) is 5.99. The number of rotatable bonds is 11. The Morgan fingerprint density at radius 1 is 1.21 bits per heavy atom. The van der Waals surface area contributed by atoms with E-state index in [1.165, 1.54) is 61.5 Å². The largest absolute Gasteiger partial charge is 0.393 e. The van der Waals surface area contributed by atoms with Gasteiger partial charge in [0.15, 0.2) is 11.3 Å². The maximum atomic E-state index is 15.7. The van der Waals surface area contributed by atoms with Gasteiger partial charge in [0.05, 0.1) is 42.2 Å². The molecule has 0 spiro atoms. The summed E-state index contributed by atoms with van der Waals surface area (Å²) in [5.41, 5.74) is -0.976. The second-order valence-corrected chi connectivity index (χ2v) is 14.0. The van der Waals surface area contributed by atoms with Gasteiger partial charge in [0.1, 0.15) is 37.1 Å². The summed E-state index contributed by atoms with van der Waals surface area (Å²) < 4.78 is 84.2. The van der Waals surface area contributed by atoms with Crippen LogP contribution in [0, 0.1) is 5.41 Å². The van der Waals surface area contributed by atoms with Gasteiger partial charge in [0.2, 0.25) is 0 Å². The number of amides is 3. The van der Waals surface area contributed by atoms with E-state index in [2.05, 4.69) is 31.0 Å². The highest BCUT2D eigenvalue weighted by molar-refractivity contribution is 6.48. The van der Waals surface area contributed by atoms with Gasteiger partial charge in [-0.2, -0.15) is 18.3 Å². The lowest BCUT2D eigenvalue weighted by Crippen LogP contribution is -2.83. The minimum Gasteiger partial charge on any atom is -0.382 e. The number of carbonyl (C=O) groups is 2. The van der Waals surface area contributed by atoms with E-state index >= 15 is 8.78 Å². The van der Waals surface area contributed by atoms with Crippen molar-refractivity contribution >= 4 is 49.0 Å². The molecule has 0 aromatic carbocycles. The molecule has 2 atom stereocenters. The number of fused-ring (bicyclic) bond motifs is 1. The Balaban J connectivity index is 1.49. The van der Waals surface area contributed by atoms with Crippen molar-refractivity contribution < 1.29 is 40.9 Å². The predicted octanol–water partition coefficient (Wildman–Crippen LogP) is 0.0175. The number of imidazole rings is 1. The van der Waals surface area contributed by atoms with E-state index in [4.69, 9.17) is 9.37 Å². The Hall–Kier alpha value is -3.63. The summed E-state index contributed by atoms with van der Waals surface area (Å²) in [7, 11) is 6.45. The SMILES string of the molecule is BC1(B)NC(=O)N(C(COC)c2cnn3cc(C(CCC(C)(C)C(F)(F)F)NC(=O)c4nonc4C4CC4)nc3c2)C(B)(B)C1(F)F. The van der Waals surface area contributed by atoms with Crippen LogP contribution in [-0.4, -0.2) is 110 Å². The summed E-state index contributed by atoms with van der Waals surface area (Å²) in [4.78, 5) is 32.2. The molecular formula is C26H35B4F5N8O4. The van der Waals surface area contributed by atoms with Gasteiger partial charge in [-0.25, -0.2) is 27.7 Å². The molecule has 21 heteroatoms. The van der Waals surface area contributed by atoms with Crippen molar-refractivity contribution in [1.82, 2.24) is 40.4 Å². The Kier molecular flexibility index (Phi) is 8.72. The van der Waals surface area contributed by atoms with Gasteiger partial charge in [0.25, 0.3) is 11.8 Å². The van der Waals surface area contributed by atoms with Gasteiger partial charge in [-0.05, 0) is 36.9 Å². The summed E-state index contributed by atoms with van der Waals surface area (Å²) >= 11 is 0. The zero-order valence-corrected chi connectivity index (χ0v) is 27.2. The van der Waals surface area contributed by atoms with Gasteiger partial charge >= 0.3 is 12.2 Å². The highest BCUT2D eigenvalue weighted by Crippen LogP contribution is 2.45. The van der Waals surface area contributed by atoms with Gasteiger partial charge in [-0.15, -0.1) is 0 Å². The third-order valence-corrected chi connectivity index (χ3v) is 9.36. The van der Waals surface area contributed by atoms with Crippen LogP contribution in [0.15, 0.2) is 23.1 Å². The number of halogens is 5. The Morgan fingerprint density at radius 3 is 2.51 bits per heavy atom. The lowest BCUT2D eigenvalue weighted by molar-refractivity contribution is -0.214. The molecule has 2 fully saturated rings. The fraction of sp³-hybridized carbons (Fsp3) is 0.615. The third kappa shape index (κ3) is 6.22. The molecule has 1 saturated carbocycles. The van der Waals surface area contributed by atoms with Crippen molar-refractivity contribution in [2.24, 2.45) is 5.41 Å². The zero-order valence-electron chi connectivity index (χ0n) is 27.2. The number of carbonyl (C=O) groups excluding carboxylic acids is 2. The molecule has 2 aliphatic rings. The first-order valence-electron chi connectivity index (χ1n) is 15.3. The minimum absolute atomic E-state index is 0.0282. The summed E-state index contributed by atoms with van der Waals surface area (Å²) in [6.45, 7) is 2.00. The van der Waals surface area contributed by atoms with E-state index < -0.39 is 52.2 Å². The van der Waals surface area contributed by atoms with Crippen molar-refractivity contribution in [2.45, 2.75) is 80.3 Å². The Morgan fingerprint density at radius 2 is 1.89 bits per heavy atom. The van der Waals surface area contributed by atoms with Crippen molar-refractivity contribution in [3.05, 3.63) is 41.1 Å². The van der Waals surface area contributed by atoms with Crippen LogP contribution < -0.4 is 10.6 Å². The predicted molar refractivity (Wildman–Crippen MR) is 168 cm³/mol. The maximum absolute atomic E-state index is 15.7. The molecular weight excluding hydrogens is 627 g/mol. The monoisotopic (exact) mass is 662 g/mol. The summed E-state index contributed by atoms with van der Waals surface area (Å²) in [5.74, 6) is -4.01. The second kappa shape index (κ2) is 11.8. The van der Waals surface area contributed by atoms with E-state index in [0.717, 1.165) is 31.6 Å². The van der Waals surface area contributed by atoms with Crippen LogP contribution >= 0.6 is 0 Å². The molecule has 47 heavy (non-hydrogen) atoms.